The van der Waals surface area contributed by atoms with Gasteiger partial charge in [0.05, 0.1) is 6.67 Å². The Morgan fingerprint density at radius 3 is 2.86 bits per heavy atom. The Morgan fingerprint density at radius 2 is 2.43 bits per heavy atom. The van der Waals surface area contributed by atoms with Crippen LogP contribution in [0.1, 0.15) is 6.42 Å². The molecule has 1 rings (SSSR count). The molecule has 1 heterocycles. The van der Waals surface area contributed by atoms with Gasteiger partial charge in [0.2, 0.25) is 0 Å². The molecule has 1 aliphatic rings. The van der Waals surface area contributed by atoms with Gasteiger partial charge in [-0.15, -0.1) is 0 Å². The van der Waals surface area contributed by atoms with Crippen LogP contribution >= 0.6 is 0 Å². The summed E-state index contributed by atoms with van der Waals surface area (Å²) >= 11 is 0. The molecule has 0 aromatic carbocycles. The maximum Gasteiger partial charge on any atom is 0.0754 e. The molecule has 1 unspecified atom stereocenters. The lowest BCUT2D eigenvalue weighted by Crippen LogP contribution is -2.08. The smallest absolute Gasteiger partial charge is 0.0754 e. The van der Waals surface area contributed by atoms with E-state index in [1.165, 1.54) is 0 Å². The summed E-state index contributed by atoms with van der Waals surface area (Å²) in [5.74, 6) is 0. The Morgan fingerprint density at radius 1 is 1.71 bits per heavy atom. The van der Waals surface area contributed by atoms with Gasteiger partial charge in [0.15, 0.2) is 0 Å². The van der Waals surface area contributed by atoms with Crippen molar-refractivity contribution in [1.29, 1.82) is 0 Å². The first-order valence-corrected chi connectivity index (χ1v) is 2.62. The summed E-state index contributed by atoms with van der Waals surface area (Å²) in [5.41, 5.74) is 8.30. The average molecular weight is 101 g/mol. The molecule has 0 saturated carbocycles. The van der Waals surface area contributed by atoms with E-state index in [1.807, 2.05) is 0 Å². The minimum Gasteiger partial charge on any atom is -0.330 e. The minimum atomic E-state index is 0.804. The van der Waals surface area contributed by atoms with Gasteiger partial charge in [-0.2, -0.15) is 0 Å². The molecule has 0 radical (unpaired) electrons. The van der Waals surface area contributed by atoms with Crippen molar-refractivity contribution in [3.05, 3.63) is 0 Å². The maximum atomic E-state index is 5.25. The largest absolute Gasteiger partial charge is 0.330 e. The van der Waals surface area contributed by atoms with Gasteiger partial charge in [0.1, 0.15) is 0 Å². The van der Waals surface area contributed by atoms with Crippen LogP contribution in [-0.4, -0.2) is 24.8 Å². The lowest BCUT2D eigenvalue weighted by atomic mass is 10.4. The predicted molar refractivity (Wildman–Crippen MR) is 28.4 cm³/mol. The summed E-state index contributed by atoms with van der Waals surface area (Å²) in [6.45, 7) is 2.97. The van der Waals surface area contributed by atoms with Crippen LogP contribution < -0.4 is 11.2 Å². The van der Waals surface area contributed by atoms with Crippen molar-refractivity contribution in [2.24, 2.45) is 5.73 Å². The van der Waals surface area contributed by atoms with Gasteiger partial charge >= 0.3 is 0 Å². The Kier molecular flexibility index (Phi) is 1.62. The molecule has 0 aliphatic carbocycles. The van der Waals surface area contributed by atoms with E-state index in [0.717, 1.165) is 26.2 Å². The second kappa shape index (κ2) is 2.26. The molecule has 0 bridgehead atoms. The van der Waals surface area contributed by atoms with Gasteiger partial charge in [0.25, 0.3) is 0 Å². The highest BCUT2D eigenvalue weighted by Gasteiger charge is 2.13. The fourth-order valence-electron chi connectivity index (χ4n) is 0.490. The minimum absolute atomic E-state index is 0.804. The van der Waals surface area contributed by atoms with Crippen molar-refractivity contribution in [3.63, 3.8) is 0 Å². The zero-order valence-corrected chi connectivity index (χ0v) is 4.35. The number of nitrogens with two attached hydrogens (primary N) is 1. The average Bonchev–Trinajstić information content (AvgIpc) is 2.42. The number of hydrogen-bond donors (Lipinski definition) is 2. The zero-order valence-electron chi connectivity index (χ0n) is 4.35. The first-order chi connectivity index (χ1) is 3.43. The van der Waals surface area contributed by atoms with Crippen LogP contribution in [0.25, 0.3) is 0 Å². The molecule has 3 heteroatoms. The third kappa shape index (κ3) is 1.87. The van der Waals surface area contributed by atoms with E-state index < -0.39 is 0 Å². The topological polar surface area (TPSA) is 51.0 Å². The fraction of sp³-hybridized carbons (Fsp3) is 1.00. The maximum absolute atomic E-state index is 5.25. The van der Waals surface area contributed by atoms with Gasteiger partial charge in [-0.1, -0.05) is 0 Å². The van der Waals surface area contributed by atoms with E-state index in [4.69, 9.17) is 5.73 Å². The quantitative estimate of drug-likeness (QED) is 0.453. The van der Waals surface area contributed by atoms with E-state index >= 15 is 0 Å². The predicted octanol–water partition coefficient (Wildman–Crippen LogP) is -0.887. The standard InChI is InChI=1S/C4H11N3/c5-2-1-3-7-4-6-7/h6H,1-5H2. The van der Waals surface area contributed by atoms with Gasteiger partial charge in [0, 0.05) is 6.54 Å². The summed E-state index contributed by atoms with van der Waals surface area (Å²) in [4.78, 5) is 0. The summed E-state index contributed by atoms with van der Waals surface area (Å²) in [5, 5.41) is 2.13. The molecule has 1 aliphatic heterocycles. The number of nitrogens with zero attached hydrogens (tertiary/aromatic N) is 1. The zero-order chi connectivity index (χ0) is 5.11. The van der Waals surface area contributed by atoms with Crippen molar-refractivity contribution in [3.8, 4) is 0 Å². The Bertz CT molecular complexity index is 50.9. The van der Waals surface area contributed by atoms with Crippen LogP contribution in [0, 0.1) is 0 Å². The van der Waals surface area contributed by atoms with E-state index in [9.17, 15) is 0 Å². The Balaban J connectivity index is 1.80. The van der Waals surface area contributed by atoms with Crippen molar-refractivity contribution >= 4 is 0 Å². The van der Waals surface area contributed by atoms with Crippen molar-refractivity contribution in [2.75, 3.05) is 19.8 Å². The number of hydrogen-bond acceptors (Lipinski definition) is 3. The molecular weight excluding hydrogens is 90.1 g/mol. The highest BCUT2D eigenvalue weighted by atomic mass is 15.7. The lowest BCUT2D eigenvalue weighted by Gasteiger charge is -1.91. The van der Waals surface area contributed by atoms with E-state index in [2.05, 4.69) is 10.4 Å². The molecule has 7 heavy (non-hydrogen) atoms. The highest BCUT2D eigenvalue weighted by molar-refractivity contribution is 4.59. The van der Waals surface area contributed by atoms with E-state index in [0.29, 0.717) is 0 Å². The van der Waals surface area contributed by atoms with E-state index in [1.54, 1.807) is 0 Å². The number of nitrogens with one attached hydrogen (secondary N) is 1. The molecule has 1 atom stereocenters. The SMILES string of the molecule is NCCCN1CN1. The molecule has 0 amide bonds. The van der Waals surface area contributed by atoms with Crippen LogP contribution in [0.5, 0.6) is 0 Å². The van der Waals surface area contributed by atoms with Crippen LogP contribution in [0.3, 0.4) is 0 Å². The molecule has 3 N–H and O–H groups in total. The second-order valence-corrected chi connectivity index (χ2v) is 1.72. The van der Waals surface area contributed by atoms with Crippen molar-refractivity contribution < 1.29 is 0 Å². The van der Waals surface area contributed by atoms with E-state index in [-0.39, 0.29) is 0 Å². The molecule has 42 valence electrons. The number of rotatable bonds is 3. The summed E-state index contributed by atoms with van der Waals surface area (Å²) in [6, 6.07) is 0. The van der Waals surface area contributed by atoms with Crippen molar-refractivity contribution in [1.82, 2.24) is 10.4 Å². The summed E-state index contributed by atoms with van der Waals surface area (Å²) in [7, 11) is 0. The van der Waals surface area contributed by atoms with Gasteiger partial charge in [-0.3, -0.25) is 0 Å². The van der Waals surface area contributed by atoms with Crippen LogP contribution in [-0.2, 0) is 0 Å². The first-order valence-electron chi connectivity index (χ1n) is 2.62. The molecule has 0 aromatic rings. The molecule has 1 saturated heterocycles. The third-order valence-corrected chi connectivity index (χ3v) is 1.01. The van der Waals surface area contributed by atoms with Gasteiger partial charge in [-0.25, -0.2) is 10.4 Å². The molecule has 0 aromatic heterocycles. The van der Waals surface area contributed by atoms with Gasteiger partial charge in [-0.05, 0) is 13.0 Å². The Labute approximate surface area is 43.4 Å². The molecule has 1 fully saturated rings. The monoisotopic (exact) mass is 101 g/mol. The van der Waals surface area contributed by atoms with Crippen LogP contribution in [0.2, 0.25) is 0 Å². The van der Waals surface area contributed by atoms with Gasteiger partial charge < -0.3 is 5.73 Å². The highest BCUT2D eigenvalue weighted by Crippen LogP contribution is 1.92. The third-order valence-electron chi connectivity index (χ3n) is 1.01. The van der Waals surface area contributed by atoms with Crippen molar-refractivity contribution in [2.45, 2.75) is 6.42 Å². The van der Waals surface area contributed by atoms with Crippen LogP contribution in [0.15, 0.2) is 0 Å². The Hall–Kier alpha value is -0.120. The van der Waals surface area contributed by atoms with Crippen LogP contribution in [0.4, 0.5) is 0 Å². The lowest BCUT2D eigenvalue weighted by molar-refractivity contribution is 0.499. The summed E-state index contributed by atoms with van der Waals surface area (Å²) < 4.78 is 0. The summed E-state index contributed by atoms with van der Waals surface area (Å²) in [6.07, 6.45) is 1.10. The molecule has 3 nitrogen and oxygen atoms in total. The first kappa shape index (κ1) is 5.03. The fourth-order valence-corrected chi connectivity index (χ4v) is 0.490. The number of hydrazine groups is 1. The second-order valence-electron chi connectivity index (χ2n) is 1.72. The molecule has 0 spiro atoms. The normalized spacial score (nSPS) is 27.9. The molecular formula is C4H11N3.